The standard InChI is InChI=1S/C21H24F2N2/c1-2-3-4-5-6-7-17-8-11-19(21(23)14-17)16-25-24-15-18-9-12-20(22)13-10-18/h8-16H,2-7H2,1H3. The smallest absolute Gasteiger partial charge is 0.132 e. The lowest BCUT2D eigenvalue weighted by Gasteiger charge is -2.03. The summed E-state index contributed by atoms with van der Waals surface area (Å²) in [6.45, 7) is 2.19. The second-order valence-electron chi connectivity index (χ2n) is 6.06. The third-order valence-electron chi connectivity index (χ3n) is 3.97. The number of hydrogen-bond acceptors (Lipinski definition) is 2. The van der Waals surface area contributed by atoms with E-state index in [9.17, 15) is 8.78 Å². The van der Waals surface area contributed by atoms with E-state index in [0.29, 0.717) is 5.56 Å². The first-order chi connectivity index (χ1) is 12.2. The predicted octanol–water partition coefficient (Wildman–Crippen LogP) is 5.93. The van der Waals surface area contributed by atoms with Crippen LogP contribution in [0.1, 0.15) is 55.7 Å². The van der Waals surface area contributed by atoms with E-state index in [1.165, 1.54) is 50.2 Å². The van der Waals surface area contributed by atoms with Gasteiger partial charge in [0.2, 0.25) is 0 Å². The minimum absolute atomic E-state index is 0.285. The molecule has 4 heteroatoms. The van der Waals surface area contributed by atoms with Crippen LogP contribution in [0.25, 0.3) is 0 Å². The average Bonchev–Trinajstić information content (AvgIpc) is 2.61. The van der Waals surface area contributed by atoms with Crippen molar-refractivity contribution in [1.29, 1.82) is 0 Å². The molecule has 0 aromatic heterocycles. The Bertz CT molecular complexity index is 706. The molecule has 0 N–H and O–H groups in total. The van der Waals surface area contributed by atoms with E-state index in [2.05, 4.69) is 17.1 Å². The van der Waals surface area contributed by atoms with Gasteiger partial charge in [0.15, 0.2) is 0 Å². The van der Waals surface area contributed by atoms with Crippen LogP contribution in [0.4, 0.5) is 8.78 Å². The Labute approximate surface area is 148 Å². The molecule has 25 heavy (non-hydrogen) atoms. The number of nitrogens with zero attached hydrogens (tertiary/aromatic N) is 2. The number of halogens is 2. The Morgan fingerprint density at radius 2 is 1.56 bits per heavy atom. The molecule has 2 rings (SSSR count). The van der Waals surface area contributed by atoms with Crippen LogP contribution in [0, 0.1) is 11.6 Å². The molecular weight excluding hydrogens is 318 g/mol. The second kappa shape index (κ2) is 10.5. The van der Waals surface area contributed by atoms with Crippen LogP contribution < -0.4 is 0 Å². The van der Waals surface area contributed by atoms with Gasteiger partial charge in [-0.1, -0.05) is 56.9 Å². The molecule has 0 atom stereocenters. The van der Waals surface area contributed by atoms with Gasteiger partial charge in [0.25, 0.3) is 0 Å². The van der Waals surface area contributed by atoms with Crippen molar-refractivity contribution in [2.45, 2.75) is 45.4 Å². The highest BCUT2D eigenvalue weighted by Gasteiger charge is 2.02. The van der Waals surface area contributed by atoms with Gasteiger partial charge in [0, 0.05) is 5.56 Å². The number of hydrogen-bond donors (Lipinski definition) is 0. The first kappa shape index (κ1) is 19.0. The maximum Gasteiger partial charge on any atom is 0.132 e. The van der Waals surface area contributed by atoms with Gasteiger partial charge in [-0.2, -0.15) is 10.2 Å². The fraction of sp³-hybridized carbons (Fsp3) is 0.333. The van der Waals surface area contributed by atoms with Gasteiger partial charge < -0.3 is 0 Å². The fourth-order valence-electron chi connectivity index (χ4n) is 2.51. The van der Waals surface area contributed by atoms with Crippen LogP contribution in [-0.2, 0) is 6.42 Å². The molecule has 0 saturated carbocycles. The van der Waals surface area contributed by atoms with Crippen LogP contribution in [-0.4, -0.2) is 12.4 Å². The third-order valence-corrected chi connectivity index (χ3v) is 3.97. The van der Waals surface area contributed by atoms with E-state index in [1.54, 1.807) is 24.3 Å². The zero-order valence-corrected chi connectivity index (χ0v) is 14.6. The summed E-state index contributed by atoms with van der Waals surface area (Å²) >= 11 is 0. The molecule has 2 aromatic rings. The molecule has 0 saturated heterocycles. The lowest BCUT2D eigenvalue weighted by Crippen LogP contribution is -1.93. The van der Waals surface area contributed by atoms with Crippen molar-refractivity contribution in [3.8, 4) is 0 Å². The van der Waals surface area contributed by atoms with Crippen molar-refractivity contribution in [1.82, 2.24) is 0 Å². The highest BCUT2D eigenvalue weighted by molar-refractivity contribution is 5.82. The van der Waals surface area contributed by atoms with E-state index in [1.807, 2.05) is 6.07 Å². The van der Waals surface area contributed by atoms with Crippen LogP contribution in [0.2, 0.25) is 0 Å². The molecule has 0 aliphatic carbocycles. The molecule has 0 bridgehead atoms. The maximum atomic E-state index is 14.1. The van der Waals surface area contributed by atoms with Crippen LogP contribution in [0.3, 0.4) is 0 Å². The second-order valence-corrected chi connectivity index (χ2v) is 6.06. The molecule has 0 aliphatic heterocycles. The molecule has 2 aromatic carbocycles. The maximum absolute atomic E-state index is 14.1. The first-order valence-corrected chi connectivity index (χ1v) is 8.79. The molecule has 0 radical (unpaired) electrons. The summed E-state index contributed by atoms with van der Waals surface area (Å²) < 4.78 is 26.9. The average molecular weight is 342 g/mol. The zero-order valence-electron chi connectivity index (χ0n) is 14.6. The van der Waals surface area contributed by atoms with E-state index >= 15 is 0 Å². The van der Waals surface area contributed by atoms with E-state index in [0.717, 1.165) is 24.0 Å². The summed E-state index contributed by atoms with van der Waals surface area (Å²) in [5, 5.41) is 7.72. The van der Waals surface area contributed by atoms with E-state index in [4.69, 9.17) is 0 Å². The third kappa shape index (κ3) is 6.96. The van der Waals surface area contributed by atoms with Crippen molar-refractivity contribution in [2.24, 2.45) is 10.2 Å². The highest BCUT2D eigenvalue weighted by atomic mass is 19.1. The Kier molecular flexibility index (Phi) is 7.96. The predicted molar refractivity (Wildman–Crippen MR) is 100 cm³/mol. The zero-order chi connectivity index (χ0) is 17.9. The number of benzene rings is 2. The molecule has 132 valence electrons. The minimum atomic E-state index is -0.298. The van der Waals surface area contributed by atoms with Crippen molar-refractivity contribution >= 4 is 12.4 Å². The summed E-state index contributed by atoms with van der Waals surface area (Å²) in [6, 6.07) is 11.2. The van der Waals surface area contributed by atoms with Crippen LogP contribution in [0.5, 0.6) is 0 Å². The molecule has 0 heterocycles. The monoisotopic (exact) mass is 342 g/mol. The van der Waals surface area contributed by atoms with Gasteiger partial charge in [-0.25, -0.2) is 8.78 Å². The van der Waals surface area contributed by atoms with Crippen LogP contribution >= 0.6 is 0 Å². The Hall–Kier alpha value is -2.36. The van der Waals surface area contributed by atoms with Crippen molar-refractivity contribution in [3.63, 3.8) is 0 Å². The molecule has 0 unspecified atom stereocenters. The quantitative estimate of drug-likeness (QED) is 0.306. The van der Waals surface area contributed by atoms with Gasteiger partial charge >= 0.3 is 0 Å². The number of aryl methyl sites for hydroxylation is 1. The Balaban J connectivity index is 1.86. The summed E-state index contributed by atoms with van der Waals surface area (Å²) in [5.74, 6) is -0.583. The van der Waals surface area contributed by atoms with Crippen LogP contribution in [0.15, 0.2) is 52.7 Å². The molecule has 2 nitrogen and oxygen atoms in total. The summed E-state index contributed by atoms with van der Waals surface area (Å²) in [4.78, 5) is 0. The first-order valence-electron chi connectivity index (χ1n) is 8.79. The topological polar surface area (TPSA) is 24.7 Å². The lowest BCUT2D eigenvalue weighted by atomic mass is 10.0. The Morgan fingerprint density at radius 1 is 0.840 bits per heavy atom. The fourth-order valence-corrected chi connectivity index (χ4v) is 2.51. The summed E-state index contributed by atoms with van der Waals surface area (Å²) in [7, 11) is 0. The lowest BCUT2D eigenvalue weighted by molar-refractivity contribution is 0.614. The molecule has 0 spiro atoms. The van der Waals surface area contributed by atoms with E-state index in [-0.39, 0.29) is 11.6 Å². The van der Waals surface area contributed by atoms with Crippen molar-refractivity contribution in [2.75, 3.05) is 0 Å². The molecule has 0 aliphatic rings. The van der Waals surface area contributed by atoms with Gasteiger partial charge in [-0.15, -0.1) is 0 Å². The van der Waals surface area contributed by atoms with Gasteiger partial charge in [-0.3, -0.25) is 0 Å². The SMILES string of the molecule is CCCCCCCc1ccc(C=NN=Cc2ccc(F)cc2)c(F)c1. The summed E-state index contributed by atoms with van der Waals surface area (Å²) in [5.41, 5.74) is 2.16. The summed E-state index contributed by atoms with van der Waals surface area (Å²) in [6.07, 6.45) is 9.82. The van der Waals surface area contributed by atoms with Crippen molar-refractivity contribution in [3.05, 3.63) is 70.8 Å². The molecule has 0 amide bonds. The van der Waals surface area contributed by atoms with Gasteiger partial charge in [0.05, 0.1) is 12.4 Å². The van der Waals surface area contributed by atoms with Crippen molar-refractivity contribution < 1.29 is 8.78 Å². The van der Waals surface area contributed by atoms with E-state index < -0.39 is 0 Å². The largest absolute Gasteiger partial charge is 0.207 e. The normalized spacial score (nSPS) is 11.6. The number of unbranched alkanes of at least 4 members (excludes halogenated alkanes) is 4. The number of rotatable bonds is 9. The Morgan fingerprint density at radius 3 is 2.28 bits per heavy atom. The molecule has 0 fully saturated rings. The highest BCUT2D eigenvalue weighted by Crippen LogP contribution is 2.13. The molecular formula is C21H24F2N2. The van der Waals surface area contributed by atoms with Gasteiger partial charge in [0.1, 0.15) is 11.6 Å². The van der Waals surface area contributed by atoms with Gasteiger partial charge in [-0.05, 0) is 42.2 Å². The minimum Gasteiger partial charge on any atom is -0.207 e.